The summed E-state index contributed by atoms with van der Waals surface area (Å²) >= 11 is 2.61. The summed E-state index contributed by atoms with van der Waals surface area (Å²) in [6.07, 6.45) is 0. The van der Waals surface area contributed by atoms with Gasteiger partial charge in [0.05, 0.1) is 12.3 Å². The Labute approximate surface area is 175 Å². The molecule has 0 aliphatic carbocycles. The molecule has 0 bridgehead atoms. The number of hydrogen-bond acceptors (Lipinski definition) is 7. The summed E-state index contributed by atoms with van der Waals surface area (Å²) in [5.74, 6) is -0.814. The van der Waals surface area contributed by atoms with Crippen molar-refractivity contribution in [1.82, 2.24) is 15.1 Å². The number of thioether (sulfide) groups is 1. The van der Waals surface area contributed by atoms with Crippen molar-refractivity contribution >= 4 is 51.4 Å². The molecule has 10 heteroatoms. The van der Waals surface area contributed by atoms with Crippen molar-refractivity contribution in [2.75, 3.05) is 30.0 Å². The molecule has 3 aromatic rings. The third kappa shape index (κ3) is 6.54. The van der Waals surface area contributed by atoms with E-state index in [1.165, 1.54) is 52.3 Å². The van der Waals surface area contributed by atoms with E-state index in [0.29, 0.717) is 15.2 Å². The second-order valence-corrected chi connectivity index (χ2v) is 8.16. The molecule has 0 aliphatic heterocycles. The molecule has 29 heavy (non-hydrogen) atoms. The standard InChI is InChI=1S/C19H18FN5O2S2/c1-25(11-16(26)21-15-9-7-13(20)8-10-15)17(27)12-28-19-24-23-18(29-19)22-14-5-3-2-4-6-14/h2-10H,11-12H2,1H3,(H,21,26)(H,22,23). The fraction of sp³-hybridized carbons (Fsp3) is 0.158. The molecule has 1 aromatic heterocycles. The molecule has 2 amide bonds. The van der Waals surface area contributed by atoms with E-state index in [1.54, 1.807) is 7.05 Å². The molecular weight excluding hydrogens is 413 g/mol. The normalized spacial score (nSPS) is 10.4. The average Bonchev–Trinajstić information content (AvgIpc) is 3.16. The van der Waals surface area contributed by atoms with E-state index in [1.807, 2.05) is 30.3 Å². The van der Waals surface area contributed by atoms with Crippen molar-refractivity contribution in [3.05, 3.63) is 60.4 Å². The van der Waals surface area contributed by atoms with Gasteiger partial charge in [0, 0.05) is 18.4 Å². The quantitative estimate of drug-likeness (QED) is 0.530. The van der Waals surface area contributed by atoms with Gasteiger partial charge in [-0.05, 0) is 36.4 Å². The zero-order chi connectivity index (χ0) is 20.6. The largest absolute Gasteiger partial charge is 0.336 e. The van der Waals surface area contributed by atoms with Crippen molar-refractivity contribution in [3.63, 3.8) is 0 Å². The van der Waals surface area contributed by atoms with E-state index in [2.05, 4.69) is 20.8 Å². The first-order valence-corrected chi connectivity index (χ1v) is 10.4. The Morgan fingerprint density at radius 3 is 2.52 bits per heavy atom. The smallest absolute Gasteiger partial charge is 0.243 e. The van der Waals surface area contributed by atoms with Crippen LogP contribution < -0.4 is 10.6 Å². The van der Waals surface area contributed by atoms with E-state index in [-0.39, 0.29) is 29.9 Å². The molecule has 0 radical (unpaired) electrons. The van der Waals surface area contributed by atoms with Gasteiger partial charge >= 0.3 is 0 Å². The monoisotopic (exact) mass is 431 g/mol. The summed E-state index contributed by atoms with van der Waals surface area (Å²) in [7, 11) is 1.55. The van der Waals surface area contributed by atoms with Crippen LogP contribution in [0.3, 0.4) is 0 Å². The second-order valence-electron chi connectivity index (χ2n) is 5.96. The van der Waals surface area contributed by atoms with Crippen LogP contribution in [-0.2, 0) is 9.59 Å². The number of rotatable bonds is 8. The van der Waals surface area contributed by atoms with Crippen LogP contribution in [0.1, 0.15) is 0 Å². The van der Waals surface area contributed by atoms with Gasteiger partial charge in [-0.15, -0.1) is 10.2 Å². The molecule has 150 valence electrons. The van der Waals surface area contributed by atoms with Gasteiger partial charge in [-0.1, -0.05) is 41.3 Å². The highest BCUT2D eigenvalue weighted by molar-refractivity contribution is 8.01. The minimum absolute atomic E-state index is 0.103. The van der Waals surface area contributed by atoms with Gasteiger partial charge in [-0.3, -0.25) is 9.59 Å². The average molecular weight is 432 g/mol. The zero-order valence-corrected chi connectivity index (χ0v) is 17.1. The van der Waals surface area contributed by atoms with Crippen LogP contribution in [0.4, 0.5) is 20.9 Å². The molecule has 1 heterocycles. The minimum atomic E-state index is -0.383. The Hall–Kier alpha value is -2.98. The molecule has 0 saturated heterocycles. The number of likely N-dealkylation sites (N-methyl/N-ethyl adjacent to an activating group) is 1. The summed E-state index contributed by atoms with van der Waals surface area (Å²) in [6, 6.07) is 15.0. The highest BCUT2D eigenvalue weighted by atomic mass is 32.2. The summed E-state index contributed by atoms with van der Waals surface area (Å²) in [5, 5.41) is 14.5. The predicted molar refractivity (Wildman–Crippen MR) is 113 cm³/mol. The third-order valence-electron chi connectivity index (χ3n) is 3.69. The predicted octanol–water partition coefficient (Wildman–Crippen LogP) is 3.61. The highest BCUT2D eigenvalue weighted by Gasteiger charge is 2.15. The van der Waals surface area contributed by atoms with Crippen LogP contribution in [0.25, 0.3) is 0 Å². The first kappa shape index (κ1) is 20.7. The van der Waals surface area contributed by atoms with Gasteiger partial charge in [0.2, 0.25) is 16.9 Å². The summed E-state index contributed by atoms with van der Waals surface area (Å²) in [4.78, 5) is 25.6. The number of aromatic nitrogens is 2. The maximum absolute atomic E-state index is 12.9. The van der Waals surface area contributed by atoms with Gasteiger partial charge in [-0.2, -0.15) is 0 Å². The number of carbonyl (C=O) groups excluding carboxylic acids is 2. The molecule has 7 nitrogen and oxygen atoms in total. The molecule has 0 saturated carbocycles. The Balaban J connectivity index is 1.44. The van der Waals surface area contributed by atoms with Crippen LogP contribution in [0, 0.1) is 5.82 Å². The lowest BCUT2D eigenvalue weighted by molar-refractivity contribution is -0.131. The van der Waals surface area contributed by atoms with Gasteiger partial charge in [-0.25, -0.2) is 4.39 Å². The summed E-state index contributed by atoms with van der Waals surface area (Å²) in [5.41, 5.74) is 1.38. The number of anilines is 3. The number of carbonyl (C=O) groups is 2. The van der Waals surface area contributed by atoms with Crippen LogP contribution in [-0.4, -0.2) is 46.3 Å². The lowest BCUT2D eigenvalue weighted by Gasteiger charge is -2.16. The zero-order valence-electron chi connectivity index (χ0n) is 15.5. The maximum Gasteiger partial charge on any atom is 0.243 e. The number of nitrogens with zero attached hydrogens (tertiary/aromatic N) is 3. The van der Waals surface area contributed by atoms with Crippen LogP contribution in [0.2, 0.25) is 0 Å². The molecule has 0 aliphatic rings. The Morgan fingerprint density at radius 2 is 1.79 bits per heavy atom. The minimum Gasteiger partial charge on any atom is -0.336 e. The van der Waals surface area contributed by atoms with Crippen molar-refractivity contribution in [3.8, 4) is 0 Å². The van der Waals surface area contributed by atoms with Crippen molar-refractivity contribution < 1.29 is 14.0 Å². The van der Waals surface area contributed by atoms with E-state index in [0.717, 1.165) is 5.69 Å². The molecule has 2 N–H and O–H groups in total. The van der Waals surface area contributed by atoms with Crippen molar-refractivity contribution in [1.29, 1.82) is 0 Å². The Bertz CT molecular complexity index is 966. The number of hydrogen-bond donors (Lipinski definition) is 2. The lowest BCUT2D eigenvalue weighted by atomic mass is 10.3. The third-order valence-corrected chi connectivity index (χ3v) is 5.64. The van der Waals surface area contributed by atoms with Crippen molar-refractivity contribution in [2.45, 2.75) is 4.34 Å². The highest BCUT2D eigenvalue weighted by Crippen LogP contribution is 2.27. The molecule has 0 spiro atoms. The Kier molecular flexibility index (Phi) is 7.14. The van der Waals surface area contributed by atoms with Crippen LogP contribution in [0.15, 0.2) is 58.9 Å². The molecule has 3 rings (SSSR count). The number of benzene rings is 2. The summed E-state index contributed by atoms with van der Waals surface area (Å²) < 4.78 is 13.5. The van der Waals surface area contributed by atoms with Crippen LogP contribution >= 0.6 is 23.1 Å². The van der Waals surface area contributed by atoms with Gasteiger partial charge in [0.25, 0.3) is 0 Å². The molecule has 0 atom stereocenters. The van der Waals surface area contributed by atoms with Gasteiger partial charge in [0.15, 0.2) is 4.34 Å². The SMILES string of the molecule is CN(CC(=O)Nc1ccc(F)cc1)C(=O)CSc1nnc(Nc2ccccc2)s1. The second kappa shape index (κ2) is 9.99. The van der Waals surface area contributed by atoms with Gasteiger partial charge in [0.1, 0.15) is 5.82 Å². The maximum atomic E-state index is 12.9. The first-order chi connectivity index (χ1) is 14.0. The molecule has 0 fully saturated rings. The van der Waals surface area contributed by atoms with E-state index in [9.17, 15) is 14.0 Å². The first-order valence-electron chi connectivity index (χ1n) is 8.57. The lowest BCUT2D eigenvalue weighted by Crippen LogP contribution is -2.35. The number of halogens is 1. The fourth-order valence-corrected chi connectivity index (χ4v) is 3.95. The topological polar surface area (TPSA) is 87.2 Å². The van der Waals surface area contributed by atoms with E-state index in [4.69, 9.17) is 0 Å². The van der Waals surface area contributed by atoms with E-state index >= 15 is 0 Å². The Morgan fingerprint density at radius 1 is 1.07 bits per heavy atom. The van der Waals surface area contributed by atoms with Crippen LogP contribution in [0.5, 0.6) is 0 Å². The fourth-order valence-electron chi connectivity index (χ4n) is 2.23. The number of nitrogens with one attached hydrogen (secondary N) is 2. The van der Waals surface area contributed by atoms with E-state index < -0.39 is 0 Å². The number of amides is 2. The molecule has 2 aromatic carbocycles. The molecule has 0 unspecified atom stereocenters. The summed E-state index contributed by atoms with van der Waals surface area (Å²) in [6.45, 7) is -0.103. The number of para-hydroxylation sites is 1. The van der Waals surface area contributed by atoms with Gasteiger partial charge < -0.3 is 15.5 Å². The molecular formula is C19H18FN5O2S2. The van der Waals surface area contributed by atoms with Crippen molar-refractivity contribution in [2.24, 2.45) is 0 Å².